The maximum atomic E-state index is 12.2. The Morgan fingerprint density at radius 2 is 1.92 bits per heavy atom. The average Bonchev–Trinajstić information content (AvgIpc) is 3.05. The highest BCUT2D eigenvalue weighted by Gasteiger charge is 2.22. The number of carbonyl (C=O) groups excluding carboxylic acids is 2. The predicted molar refractivity (Wildman–Crippen MR) is 100 cm³/mol. The molecule has 1 heterocycles. The molecule has 2 rings (SSSR count). The Labute approximate surface area is 152 Å². The molecule has 25 heavy (non-hydrogen) atoms. The minimum atomic E-state index is -0.542. The van der Waals surface area contributed by atoms with Gasteiger partial charge in [0.25, 0.3) is 5.91 Å². The molecule has 0 saturated carbocycles. The number of carbonyl (C=O) groups is 2. The lowest BCUT2D eigenvalue weighted by molar-refractivity contribution is -0.126. The van der Waals surface area contributed by atoms with Gasteiger partial charge in [-0.05, 0) is 42.5 Å². The smallest absolute Gasteiger partial charge is 0.251 e. The number of nitrogens with one attached hydrogen (secondary N) is 3. The van der Waals surface area contributed by atoms with E-state index in [4.69, 9.17) is 16.6 Å². The number of thiocarbonyl (C=S) groups is 1. The summed E-state index contributed by atoms with van der Waals surface area (Å²) < 4.78 is 5.18. The van der Waals surface area contributed by atoms with Gasteiger partial charge in [-0.25, -0.2) is 0 Å². The Kier molecular flexibility index (Phi) is 5.93. The first-order valence-corrected chi connectivity index (χ1v) is 8.19. The summed E-state index contributed by atoms with van der Waals surface area (Å²) in [5, 5.41) is 8.50. The molecular weight excluding hydrogens is 338 g/mol. The van der Waals surface area contributed by atoms with Crippen molar-refractivity contribution in [2.24, 2.45) is 5.41 Å². The van der Waals surface area contributed by atoms with E-state index in [2.05, 4.69) is 16.0 Å². The average molecular weight is 359 g/mol. The maximum Gasteiger partial charge on any atom is 0.251 e. The fourth-order valence-electron chi connectivity index (χ4n) is 1.87. The number of hydrogen-bond acceptors (Lipinski definition) is 4. The van der Waals surface area contributed by atoms with Crippen molar-refractivity contribution in [1.29, 1.82) is 0 Å². The molecule has 0 aliphatic heterocycles. The quantitative estimate of drug-likeness (QED) is 0.731. The van der Waals surface area contributed by atoms with Crippen molar-refractivity contribution in [3.8, 4) is 0 Å². The highest BCUT2D eigenvalue weighted by atomic mass is 32.1. The van der Waals surface area contributed by atoms with Gasteiger partial charge < -0.3 is 20.4 Å². The molecular formula is C18H21N3O3S. The van der Waals surface area contributed by atoms with E-state index >= 15 is 0 Å². The second-order valence-electron chi connectivity index (χ2n) is 6.50. The first-order valence-electron chi connectivity index (χ1n) is 7.79. The van der Waals surface area contributed by atoms with Crippen molar-refractivity contribution in [3.05, 3.63) is 54.0 Å². The van der Waals surface area contributed by atoms with Crippen LogP contribution in [0.25, 0.3) is 0 Å². The zero-order valence-corrected chi connectivity index (χ0v) is 15.2. The first-order chi connectivity index (χ1) is 11.8. The van der Waals surface area contributed by atoms with Gasteiger partial charge in [0.1, 0.15) is 5.76 Å². The molecule has 7 heteroatoms. The molecule has 0 atom stereocenters. The third-order valence-corrected chi connectivity index (χ3v) is 3.50. The Bertz CT molecular complexity index is 764. The Morgan fingerprint density at radius 3 is 2.56 bits per heavy atom. The topological polar surface area (TPSA) is 83.4 Å². The normalized spacial score (nSPS) is 10.8. The van der Waals surface area contributed by atoms with Gasteiger partial charge >= 0.3 is 0 Å². The third-order valence-electron chi connectivity index (χ3n) is 3.29. The van der Waals surface area contributed by atoms with Crippen molar-refractivity contribution >= 4 is 34.8 Å². The summed E-state index contributed by atoms with van der Waals surface area (Å²) in [6.45, 7) is 5.71. The van der Waals surface area contributed by atoms with Crippen LogP contribution in [0, 0.1) is 5.41 Å². The number of amides is 2. The molecule has 0 radical (unpaired) electrons. The lowest BCUT2D eigenvalue weighted by Gasteiger charge is -2.18. The number of anilines is 1. The van der Waals surface area contributed by atoms with Crippen molar-refractivity contribution in [3.63, 3.8) is 0 Å². The Balaban J connectivity index is 1.95. The van der Waals surface area contributed by atoms with Crippen LogP contribution in [0.2, 0.25) is 0 Å². The van der Waals surface area contributed by atoms with Crippen LogP contribution < -0.4 is 16.0 Å². The van der Waals surface area contributed by atoms with E-state index in [1.807, 2.05) is 0 Å². The van der Waals surface area contributed by atoms with Gasteiger partial charge in [0, 0.05) is 16.7 Å². The van der Waals surface area contributed by atoms with Gasteiger partial charge in [-0.1, -0.05) is 26.8 Å². The van der Waals surface area contributed by atoms with Gasteiger partial charge in [0.05, 0.1) is 12.8 Å². The standard InChI is InChI=1S/C18H21N3O3S/c1-18(2,3)16(23)21-17(25)20-13-7-4-6-12(10-13)15(22)19-11-14-8-5-9-24-14/h4-10H,11H2,1-3H3,(H,19,22)(H2,20,21,23,25). The monoisotopic (exact) mass is 359 g/mol. The fraction of sp³-hybridized carbons (Fsp3) is 0.278. The molecule has 1 aromatic heterocycles. The van der Waals surface area contributed by atoms with E-state index in [-0.39, 0.29) is 16.9 Å². The molecule has 2 amide bonds. The molecule has 3 N–H and O–H groups in total. The van der Waals surface area contributed by atoms with Crippen LogP contribution in [-0.2, 0) is 11.3 Å². The van der Waals surface area contributed by atoms with Crippen LogP contribution in [-0.4, -0.2) is 16.9 Å². The van der Waals surface area contributed by atoms with Gasteiger partial charge in [0.2, 0.25) is 5.91 Å². The number of benzene rings is 1. The second kappa shape index (κ2) is 7.94. The van der Waals surface area contributed by atoms with Gasteiger partial charge in [-0.15, -0.1) is 0 Å². The lowest BCUT2D eigenvalue weighted by atomic mass is 9.96. The molecule has 1 aromatic carbocycles. The SMILES string of the molecule is CC(C)(C)C(=O)NC(=S)Nc1cccc(C(=O)NCc2ccco2)c1. The van der Waals surface area contributed by atoms with E-state index < -0.39 is 5.41 Å². The molecule has 0 saturated heterocycles. The highest BCUT2D eigenvalue weighted by Crippen LogP contribution is 2.14. The van der Waals surface area contributed by atoms with Gasteiger partial charge in [0.15, 0.2) is 5.11 Å². The lowest BCUT2D eigenvalue weighted by Crippen LogP contribution is -2.41. The molecule has 0 fully saturated rings. The molecule has 2 aromatic rings. The van der Waals surface area contributed by atoms with Crippen LogP contribution in [0.15, 0.2) is 47.1 Å². The van der Waals surface area contributed by atoms with Gasteiger partial charge in [-0.2, -0.15) is 0 Å². The summed E-state index contributed by atoms with van der Waals surface area (Å²) in [6, 6.07) is 10.4. The van der Waals surface area contributed by atoms with Gasteiger partial charge in [-0.3, -0.25) is 9.59 Å². The number of furan rings is 1. The number of rotatable bonds is 4. The predicted octanol–water partition coefficient (Wildman–Crippen LogP) is 3.07. The molecule has 6 nitrogen and oxygen atoms in total. The summed E-state index contributed by atoms with van der Waals surface area (Å²) >= 11 is 5.14. The molecule has 0 spiro atoms. The zero-order valence-electron chi connectivity index (χ0n) is 14.4. The molecule has 0 aliphatic carbocycles. The number of hydrogen-bond donors (Lipinski definition) is 3. The summed E-state index contributed by atoms with van der Waals surface area (Å²) in [5.74, 6) is 0.260. The fourth-order valence-corrected chi connectivity index (χ4v) is 2.08. The van der Waals surface area contributed by atoms with E-state index in [1.165, 1.54) is 0 Å². The van der Waals surface area contributed by atoms with Crippen LogP contribution in [0.1, 0.15) is 36.9 Å². The first kappa shape index (κ1) is 18.7. The summed E-state index contributed by atoms with van der Waals surface area (Å²) in [4.78, 5) is 24.1. The maximum absolute atomic E-state index is 12.2. The van der Waals surface area contributed by atoms with Crippen molar-refractivity contribution < 1.29 is 14.0 Å². The summed E-state index contributed by atoms with van der Waals surface area (Å²) in [7, 11) is 0. The minimum absolute atomic E-state index is 0.183. The third kappa shape index (κ3) is 5.72. The van der Waals surface area contributed by atoms with Crippen molar-refractivity contribution in [2.45, 2.75) is 27.3 Å². The second-order valence-corrected chi connectivity index (χ2v) is 6.91. The zero-order chi connectivity index (χ0) is 18.4. The van der Waals surface area contributed by atoms with Crippen LogP contribution in [0.3, 0.4) is 0 Å². The Morgan fingerprint density at radius 1 is 1.16 bits per heavy atom. The van der Waals surface area contributed by atoms with Crippen molar-refractivity contribution in [2.75, 3.05) is 5.32 Å². The van der Waals surface area contributed by atoms with E-state index in [9.17, 15) is 9.59 Å². The minimum Gasteiger partial charge on any atom is -0.467 e. The van der Waals surface area contributed by atoms with Crippen LogP contribution >= 0.6 is 12.2 Å². The molecule has 0 unspecified atom stereocenters. The molecule has 132 valence electrons. The Hall–Kier alpha value is -2.67. The van der Waals surface area contributed by atoms with Crippen LogP contribution in [0.4, 0.5) is 5.69 Å². The van der Waals surface area contributed by atoms with E-state index in [0.717, 1.165) is 0 Å². The molecule has 0 aliphatic rings. The largest absolute Gasteiger partial charge is 0.467 e. The summed E-state index contributed by atoms with van der Waals surface area (Å²) in [5.41, 5.74) is 0.547. The highest BCUT2D eigenvalue weighted by molar-refractivity contribution is 7.80. The van der Waals surface area contributed by atoms with E-state index in [0.29, 0.717) is 23.6 Å². The van der Waals surface area contributed by atoms with E-state index in [1.54, 1.807) is 63.4 Å². The summed E-state index contributed by atoms with van der Waals surface area (Å²) in [6.07, 6.45) is 1.55. The van der Waals surface area contributed by atoms with Crippen molar-refractivity contribution in [1.82, 2.24) is 10.6 Å². The van der Waals surface area contributed by atoms with Crippen LogP contribution in [0.5, 0.6) is 0 Å². The molecule has 0 bridgehead atoms.